The van der Waals surface area contributed by atoms with Gasteiger partial charge >= 0.3 is 0 Å². The Bertz CT molecular complexity index is 778. The molecule has 0 aliphatic heterocycles. The van der Waals surface area contributed by atoms with Gasteiger partial charge in [0.1, 0.15) is 12.3 Å². The number of carbonyl (C=O) groups excluding carboxylic acids is 2. The highest BCUT2D eigenvalue weighted by atomic mass is 35.5. The number of rotatable bonds is 7. The second kappa shape index (κ2) is 9.25. The van der Waals surface area contributed by atoms with Crippen molar-refractivity contribution in [1.82, 2.24) is 5.32 Å². The number of methoxy groups -OCH3 is 1. The highest BCUT2D eigenvalue weighted by Crippen LogP contribution is 2.33. The predicted molar refractivity (Wildman–Crippen MR) is 104 cm³/mol. The smallest absolute Gasteiger partial charge is 0.240 e. The molecule has 0 spiro atoms. The summed E-state index contributed by atoms with van der Waals surface area (Å²) < 4.78 is 5.32. The van der Waals surface area contributed by atoms with Gasteiger partial charge in [-0.1, -0.05) is 41.9 Å². The molecule has 0 atom stereocenters. The molecular weight excluding hydrogens is 352 g/mol. The van der Waals surface area contributed by atoms with Gasteiger partial charge in [0.15, 0.2) is 0 Å². The average Bonchev–Trinajstić information content (AvgIpc) is 2.62. The lowest BCUT2D eigenvalue weighted by Crippen LogP contribution is -2.40. The second-order valence-electron chi connectivity index (χ2n) is 5.96. The molecule has 0 bridgehead atoms. The number of carbonyl (C=O) groups is 2. The molecule has 0 heterocycles. The van der Waals surface area contributed by atoms with Gasteiger partial charge in [0.05, 0.1) is 12.8 Å². The Labute approximate surface area is 158 Å². The summed E-state index contributed by atoms with van der Waals surface area (Å²) in [6, 6.07) is 13.3. The van der Waals surface area contributed by atoms with E-state index in [-0.39, 0.29) is 18.4 Å². The van der Waals surface area contributed by atoms with Crippen LogP contribution in [0.2, 0.25) is 5.02 Å². The number of hydrogen-bond donors (Lipinski definition) is 1. The van der Waals surface area contributed by atoms with E-state index in [4.69, 9.17) is 16.3 Å². The number of nitrogens with one attached hydrogen (secondary N) is 1. The minimum Gasteiger partial charge on any atom is -0.495 e. The molecule has 0 aliphatic carbocycles. The van der Waals surface area contributed by atoms with Crippen LogP contribution in [0.5, 0.6) is 5.75 Å². The molecule has 0 fully saturated rings. The SMILES string of the molecule is COc1cc(Cl)c(C)cc1N(CC(=O)NCCc1ccccc1)C(C)=O. The zero-order chi connectivity index (χ0) is 19.1. The summed E-state index contributed by atoms with van der Waals surface area (Å²) in [4.78, 5) is 25.8. The number of halogens is 1. The average molecular weight is 375 g/mol. The Balaban J connectivity index is 2.05. The normalized spacial score (nSPS) is 10.3. The fraction of sp³-hybridized carbons (Fsp3) is 0.300. The number of aryl methyl sites for hydroxylation is 1. The summed E-state index contributed by atoms with van der Waals surface area (Å²) in [6.07, 6.45) is 0.732. The van der Waals surface area contributed by atoms with E-state index in [0.29, 0.717) is 23.0 Å². The van der Waals surface area contributed by atoms with E-state index in [1.54, 1.807) is 12.1 Å². The number of anilines is 1. The van der Waals surface area contributed by atoms with E-state index in [9.17, 15) is 9.59 Å². The van der Waals surface area contributed by atoms with Gasteiger partial charge < -0.3 is 10.1 Å². The molecule has 0 aliphatic rings. The molecule has 2 amide bonds. The minimum absolute atomic E-state index is 0.0818. The van der Waals surface area contributed by atoms with Crippen molar-refractivity contribution < 1.29 is 14.3 Å². The molecule has 0 radical (unpaired) electrons. The number of hydrogen-bond acceptors (Lipinski definition) is 3. The van der Waals surface area contributed by atoms with Crippen LogP contribution in [0.3, 0.4) is 0 Å². The van der Waals surface area contributed by atoms with Gasteiger partial charge in [0, 0.05) is 24.6 Å². The van der Waals surface area contributed by atoms with Crippen LogP contribution in [0, 0.1) is 6.92 Å². The molecule has 26 heavy (non-hydrogen) atoms. The van der Waals surface area contributed by atoms with Crippen molar-refractivity contribution in [2.45, 2.75) is 20.3 Å². The third-order valence-corrected chi connectivity index (χ3v) is 4.42. The van der Waals surface area contributed by atoms with E-state index in [0.717, 1.165) is 17.5 Å². The van der Waals surface area contributed by atoms with E-state index in [1.807, 2.05) is 37.3 Å². The fourth-order valence-electron chi connectivity index (χ4n) is 2.58. The molecule has 138 valence electrons. The molecule has 2 rings (SSSR count). The second-order valence-corrected chi connectivity index (χ2v) is 6.37. The zero-order valence-corrected chi connectivity index (χ0v) is 16.0. The van der Waals surface area contributed by atoms with Gasteiger partial charge in [-0.15, -0.1) is 0 Å². The highest BCUT2D eigenvalue weighted by molar-refractivity contribution is 6.31. The van der Waals surface area contributed by atoms with Gasteiger partial charge in [-0.2, -0.15) is 0 Å². The topological polar surface area (TPSA) is 58.6 Å². The third kappa shape index (κ3) is 5.23. The van der Waals surface area contributed by atoms with Crippen molar-refractivity contribution in [3.63, 3.8) is 0 Å². The first kappa shape index (κ1) is 19.8. The Kier molecular flexibility index (Phi) is 7.04. The first-order valence-corrected chi connectivity index (χ1v) is 8.73. The van der Waals surface area contributed by atoms with Crippen LogP contribution in [-0.2, 0) is 16.0 Å². The van der Waals surface area contributed by atoms with Crippen LogP contribution in [0.1, 0.15) is 18.1 Å². The Morgan fingerprint density at radius 3 is 2.50 bits per heavy atom. The van der Waals surface area contributed by atoms with Gasteiger partial charge in [0.2, 0.25) is 11.8 Å². The van der Waals surface area contributed by atoms with Crippen LogP contribution in [0.15, 0.2) is 42.5 Å². The minimum atomic E-state index is -0.247. The number of ether oxygens (including phenoxy) is 1. The van der Waals surface area contributed by atoms with Crippen molar-refractivity contribution in [1.29, 1.82) is 0 Å². The molecule has 2 aromatic carbocycles. The van der Waals surface area contributed by atoms with Crippen LogP contribution in [0.4, 0.5) is 5.69 Å². The van der Waals surface area contributed by atoms with Crippen molar-refractivity contribution in [3.05, 3.63) is 58.6 Å². The molecule has 5 nitrogen and oxygen atoms in total. The molecule has 2 aromatic rings. The Morgan fingerprint density at radius 2 is 1.88 bits per heavy atom. The summed E-state index contributed by atoms with van der Waals surface area (Å²) in [6.45, 7) is 3.68. The van der Waals surface area contributed by atoms with Crippen LogP contribution in [-0.4, -0.2) is 32.0 Å². The largest absolute Gasteiger partial charge is 0.495 e. The highest BCUT2D eigenvalue weighted by Gasteiger charge is 2.20. The molecule has 0 saturated carbocycles. The summed E-state index contributed by atoms with van der Waals surface area (Å²) >= 11 is 6.12. The monoisotopic (exact) mass is 374 g/mol. The lowest BCUT2D eigenvalue weighted by molar-refractivity contribution is -0.123. The molecule has 0 unspecified atom stereocenters. The summed E-state index contributed by atoms with van der Waals surface area (Å²) in [5, 5.41) is 3.39. The summed E-state index contributed by atoms with van der Waals surface area (Å²) in [5.74, 6) is -0.0260. The van der Waals surface area contributed by atoms with Crippen molar-refractivity contribution in [2.75, 3.05) is 25.1 Å². The third-order valence-electron chi connectivity index (χ3n) is 4.01. The Hall–Kier alpha value is -2.53. The fourth-order valence-corrected chi connectivity index (χ4v) is 2.73. The maximum atomic E-state index is 12.3. The quantitative estimate of drug-likeness (QED) is 0.808. The summed E-state index contributed by atoms with van der Waals surface area (Å²) in [5.41, 5.74) is 2.48. The van der Waals surface area contributed by atoms with E-state index < -0.39 is 0 Å². The molecular formula is C20H23ClN2O3. The van der Waals surface area contributed by atoms with Gasteiger partial charge in [-0.3, -0.25) is 14.5 Å². The number of amides is 2. The lowest BCUT2D eigenvalue weighted by atomic mass is 10.1. The number of nitrogens with zero attached hydrogens (tertiary/aromatic N) is 1. The first-order chi connectivity index (χ1) is 12.4. The van der Waals surface area contributed by atoms with Crippen LogP contribution >= 0.6 is 11.6 Å². The first-order valence-electron chi connectivity index (χ1n) is 8.35. The van der Waals surface area contributed by atoms with Gasteiger partial charge in [-0.25, -0.2) is 0 Å². The predicted octanol–water partition coefficient (Wildman–Crippen LogP) is 3.37. The van der Waals surface area contributed by atoms with E-state index in [2.05, 4.69) is 5.32 Å². The molecule has 6 heteroatoms. The standard InChI is InChI=1S/C20H23ClN2O3/c1-14-11-18(19(26-3)12-17(14)21)23(15(2)24)13-20(25)22-10-9-16-7-5-4-6-8-16/h4-8,11-12H,9-10,13H2,1-3H3,(H,22,25). The van der Waals surface area contributed by atoms with E-state index in [1.165, 1.54) is 18.9 Å². The number of benzene rings is 2. The lowest BCUT2D eigenvalue weighted by Gasteiger charge is -2.23. The molecule has 0 aromatic heterocycles. The maximum absolute atomic E-state index is 12.3. The van der Waals surface area contributed by atoms with Crippen LogP contribution < -0.4 is 15.0 Å². The van der Waals surface area contributed by atoms with Gasteiger partial charge in [0.25, 0.3) is 0 Å². The zero-order valence-electron chi connectivity index (χ0n) is 15.2. The maximum Gasteiger partial charge on any atom is 0.240 e. The van der Waals surface area contributed by atoms with Crippen molar-refractivity contribution in [3.8, 4) is 5.75 Å². The summed E-state index contributed by atoms with van der Waals surface area (Å²) in [7, 11) is 1.50. The molecule has 1 N–H and O–H groups in total. The van der Waals surface area contributed by atoms with Crippen LogP contribution in [0.25, 0.3) is 0 Å². The van der Waals surface area contributed by atoms with Crippen molar-refractivity contribution >= 4 is 29.1 Å². The Morgan fingerprint density at radius 1 is 1.19 bits per heavy atom. The van der Waals surface area contributed by atoms with Gasteiger partial charge in [-0.05, 0) is 30.5 Å². The van der Waals surface area contributed by atoms with Crippen molar-refractivity contribution in [2.24, 2.45) is 0 Å². The van der Waals surface area contributed by atoms with E-state index >= 15 is 0 Å². The molecule has 0 saturated heterocycles.